The van der Waals surface area contributed by atoms with Gasteiger partial charge in [0, 0.05) is 23.2 Å². The van der Waals surface area contributed by atoms with E-state index in [1.165, 1.54) is 11.5 Å². The Morgan fingerprint density at radius 1 is 0.892 bits per heavy atom. The lowest BCUT2D eigenvalue weighted by molar-refractivity contribution is -0.119. The van der Waals surface area contributed by atoms with Crippen molar-refractivity contribution < 1.29 is 14.4 Å². The van der Waals surface area contributed by atoms with E-state index in [-0.39, 0.29) is 29.7 Å². The van der Waals surface area contributed by atoms with E-state index in [0.717, 1.165) is 0 Å². The zero-order valence-corrected chi connectivity index (χ0v) is 20.9. The summed E-state index contributed by atoms with van der Waals surface area (Å²) in [5.74, 6) is -0.618. The third kappa shape index (κ3) is 5.33. The molecule has 1 heterocycles. The van der Waals surface area contributed by atoms with Crippen LogP contribution in [0, 0.1) is 0 Å². The minimum absolute atomic E-state index is 0.0675. The molecule has 4 aromatic rings. The van der Waals surface area contributed by atoms with Crippen molar-refractivity contribution in [2.45, 2.75) is 39.7 Å². The molecule has 0 aliphatic rings. The molecule has 0 fully saturated rings. The molecule has 4 rings (SSSR count). The molecule has 37 heavy (non-hydrogen) atoms. The molecule has 0 saturated heterocycles. The molecule has 0 saturated carbocycles. The molecule has 0 bridgehead atoms. The topological polar surface area (TPSA) is 110 Å². The predicted octanol–water partition coefficient (Wildman–Crippen LogP) is 5.20. The number of Topliss-reactive ketones (excluding diaryl/α,β-unsaturated/α-hetero) is 1. The SMILES string of the molecule is CCC(=O)Nc1ccccc1-c1nc2ccccc2n([C@@H](CC)C(=O)Nc2ccc(C(C)=O)cc2)c1=O. The van der Waals surface area contributed by atoms with E-state index >= 15 is 0 Å². The number of anilines is 2. The summed E-state index contributed by atoms with van der Waals surface area (Å²) in [5, 5.41) is 5.70. The number of fused-ring (bicyclic) bond motifs is 1. The minimum atomic E-state index is -0.830. The van der Waals surface area contributed by atoms with E-state index in [1.807, 2.05) is 13.0 Å². The number of amides is 2. The van der Waals surface area contributed by atoms with Crippen LogP contribution < -0.4 is 16.2 Å². The summed E-state index contributed by atoms with van der Waals surface area (Å²) < 4.78 is 1.47. The fourth-order valence-corrected chi connectivity index (χ4v) is 4.18. The molecule has 1 atom stereocenters. The van der Waals surface area contributed by atoms with Gasteiger partial charge < -0.3 is 10.6 Å². The van der Waals surface area contributed by atoms with Crippen LogP contribution in [0.2, 0.25) is 0 Å². The van der Waals surface area contributed by atoms with Crippen LogP contribution in [0.25, 0.3) is 22.3 Å². The van der Waals surface area contributed by atoms with Gasteiger partial charge in [-0.15, -0.1) is 0 Å². The van der Waals surface area contributed by atoms with Gasteiger partial charge in [-0.3, -0.25) is 23.7 Å². The maximum absolute atomic E-state index is 13.9. The van der Waals surface area contributed by atoms with Crippen molar-refractivity contribution in [2.24, 2.45) is 0 Å². The molecule has 0 aliphatic heterocycles. The molecule has 8 nitrogen and oxygen atoms in total. The summed E-state index contributed by atoms with van der Waals surface area (Å²) in [5.41, 5.74) is 2.79. The highest BCUT2D eigenvalue weighted by molar-refractivity contribution is 5.98. The number of carbonyl (C=O) groups is 3. The number of aromatic nitrogens is 2. The van der Waals surface area contributed by atoms with E-state index in [4.69, 9.17) is 0 Å². The van der Waals surface area contributed by atoms with Gasteiger partial charge >= 0.3 is 0 Å². The third-order valence-corrected chi connectivity index (χ3v) is 6.13. The number of hydrogen-bond acceptors (Lipinski definition) is 5. The summed E-state index contributed by atoms with van der Waals surface area (Å²) in [4.78, 5) is 55.7. The monoisotopic (exact) mass is 496 g/mol. The molecule has 0 spiro atoms. The maximum atomic E-state index is 13.9. The highest BCUT2D eigenvalue weighted by atomic mass is 16.2. The Hall–Kier alpha value is -4.59. The van der Waals surface area contributed by atoms with Gasteiger partial charge in [-0.25, -0.2) is 4.98 Å². The molecular weight excluding hydrogens is 468 g/mol. The lowest BCUT2D eigenvalue weighted by atomic mass is 10.1. The van der Waals surface area contributed by atoms with E-state index in [0.29, 0.717) is 40.0 Å². The molecule has 0 aliphatic carbocycles. The van der Waals surface area contributed by atoms with Crippen LogP contribution in [-0.2, 0) is 9.59 Å². The fourth-order valence-electron chi connectivity index (χ4n) is 4.18. The van der Waals surface area contributed by atoms with E-state index in [1.54, 1.807) is 73.7 Å². The van der Waals surface area contributed by atoms with Crippen molar-refractivity contribution in [3.63, 3.8) is 0 Å². The second kappa shape index (κ2) is 11.0. The first-order valence-corrected chi connectivity index (χ1v) is 12.2. The molecule has 188 valence electrons. The third-order valence-electron chi connectivity index (χ3n) is 6.13. The normalized spacial score (nSPS) is 11.6. The number of para-hydroxylation sites is 3. The Balaban J connectivity index is 1.82. The number of ketones is 1. The number of carbonyl (C=O) groups excluding carboxylic acids is 3. The molecule has 0 unspecified atom stereocenters. The first kappa shape index (κ1) is 25.5. The largest absolute Gasteiger partial charge is 0.325 e. The van der Waals surface area contributed by atoms with Crippen LogP contribution in [0.4, 0.5) is 11.4 Å². The molecule has 8 heteroatoms. The fraction of sp³-hybridized carbons (Fsp3) is 0.207. The summed E-state index contributed by atoms with van der Waals surface area (Å²) in [6, 6.07) is 19.9. The average Bonchev–Trinajstić information content (AvgIpc) is 2.90. The number of nitrogens with zero attached hydrogens (tertiary/aromatic N) is 2. The minimum Gasteiger partial charge on any atom is -0.325 e. The van der Waals surface area contributed by atoms with Gasteiger partial charge in [0.05, 0.1) is 16.7 Å². The second-order valence-corrected chi connectivity index (χ2v) is 8.62. The molecule has 0 radical (unpaired) electrons. The van der Waals surface area contributed by atoms with Crippen molar-refractivity contribution in [3.8, 4) is 11.3 Å². The highest BCUT2D eigenvalue weighted by Gasteiger charge is 2.25. The molecule has 3 aromatic carbocycles. The second-order valence-electron chi connectivity index (χ2n) is 8.62. The summed E-state index contributed by atoms with van der Waals surface area (Å²) in [7, 11) is 0. The van der Waals surface area contributed by atoms with Gasteiger partial charge in [0.1, 0.15) is 11.7 Å². The molecule has 2 N–H and O–H groups in total. The van der Waals surface area contributed by atoms with Gasteiger partial charge in [-0.2, -0.15) is 0 Å². The molecule has 1 aromatic heterocycles. The lowest BCUT2D eigenvalue weighted by Crippen LogP contribution is -2.34. The summed E-state index contributed by atoms with van der Waals surface area (Å²) >= 11 is 0. The Labute approximate surface area is 214 Å². The lowest BCUT2D eigenvalue weighted by Gasteiger charge is -2.21. The average molecular weight is 497 g/mol. The smallest absolute Gasteiger partial charge is 0.278 e. The Kier molecular flexibility index (Phi) is 7.57. The van der Waals surface area contributed by atoms with Crippen LogP contribution >= 0.6 is 0 Å². The zero-order chi connectivity index (χ0) is 26.5. The van der Waals surface area contributed by atoms with Crippen LogP contribution in [-0.4, -0.2) is 27.1 Å². The highest BCUT2D eigenvalue weighted by Crippen LogP contribution is 2.28. The Bertz CT molecular complexity index is 1540. The van der Waals surface area contributed by atoms with Gasteiger partial charge in [0.25, 0.3) is 5.56 Å². The Morgan fingerprint density at radius 2 is 1.57 bits per heavy atom. The maximum Gasteiger partial charge on any atom is 0.278 e. The number of benzene rings is 3. The quantitative estimate of drug-likeness (QED) is 0.326. The van der Waals surface area contributed by atoms with Crippen LogP contribution in [0.5, 0.6) is 0 Å². The molecule has 2 amide bonds. The van der Waals surface area contributed by atoms with E-state index < -0.39 is 11.6 Å². The first-order valence-electron chi connectivity index (χ1n) is 12.2. The van der Waals surface area contributed by atoms with Crippen molar-refractivity contribution >= 4 is 40.0 Å². The van der Waals surface area contributed by atoms with Gasteiger partial charge in [0.2, 0.25) is 11.8 Å². The first-order chi connectivity index (χ1) is 17.8. The van der Waals surface area contributed by atoms with Crippen molar-refractivity contribution in [3.05, 3.63) is 88.7 Å². The molecular formula is C29H28N4O4. The summed E-state index contributed by atoms with van der Waals surface area (Å²) in [6.45, 7) is 5.06. The number of nitrogens with one attached hydrogen (secondary N) is 2. The van der Waals surface area contributed by atoms with E-state index in [2.05, 4.69) is 15.6 Å². The predicted molar refractivity (Wildman–Crippen MR) is 145 cm³/mol. The van der Waals surface area contributed by atoms with Crippen LogP contribution in [0.15, 0.2) is 77.6 Å². The summed E-state index contributed by atoms with van der Waals surface area (Å²) in [6.07, 6.45) is 0.633. The van der Waals surface area contributed by atoms with Crippen LogP contribution in [0.1, 0.15) is 50.0 Å². The van der Waals surface area contributed by atoms with Gasteiger partial charge in [-0.1, -0.05) is 44.2 Å². The van der Waals surface area contributed by atoms with Crippen molar-refractivity contribution in [1.29, 1.82) is 0 Å². The van der Waals surface area contributed by atoms with Crippen LogP contribution in [0.3, 0.4) is 0 Å². The Morgan fingerprint density at radius 3 is 2.24 bits per heavy atom. The zero-order valence-electron chi connectivity index (χ0n) is 20.9. The van der Waals surface area contributed by atoms with Crippen molar-refractivity contribution in [2.75, 3.05) is 10.6 Å². The van der Waals surface area contributed by atoms with Crippen molar-refractivity contribution in [1.82, 2.24) is 9.55 Å². The standard InChI is InChI=1S/C29H28N4O4/c1-4-24(28(36)30-20-16-14-19(15-17-20)18(3)34)33-25-13-9-8-12-23(25)32-27(29(33)37)21-10-6-7-11-22(21)31-26(35)5-2/h6-17,24H,4-5H2,1-3H3,(H,30,36)(H,31,35)/t24-/m0/s1. The van der Waals surface area contributed by atoms with Gasteiger partial charge in [0.15, 0.2) is 5.78 Å². The number of rotatable bonds is 8. The van der Waals surface area contributed by atoms with E-state index in [9.17, 15) is 19.2 Å². The number of hydrogen-bond donors (Lipinski definition) is 2. The van der Waals surface area contributed by atoms with Gasteiger partial charge in [-0.05, 0) is 55.8 Å².